The van der Waals surface area contributed by atoms with Crippen molar-refractivity contribution in [1.29, 1.82) is 0 Å². The van der Waals surface area contributed by atoms with Gasteiger partial charge in [-0.3, -0.25) is 0 Å². The lowest BCUT2D eigenvalue weighted by atomic mass is 10.1. The standard InChI is InChI=1S/C15H14ClNO3/c1-9-7-10(15(18)19)3-6-13(9)17-14-8-11(20-2)4-5-12(14)16/h3-8,17H,1-2H3,(H,18,19). The van der Waals surface area contributed by atoms with Crippen molar-refractivity contribution in [3.8, 4) is 5.75 Å². The Labute approximate surface area is 122 Å². The van der Waals surface area contributed by atoms with Crippen LogP contribution in [0.25, 0.3) is 0 Å². The number of carbonyl (C=O) groups is 1. The van der Waals surface area contributed by atoms with Gasteiger partial charge in [0.05, 0.1) is 23.4 Å². The summed E-state index contributed by atoms with van der Waals surface area (Å²) in [4.78, 5) is 10.9. The normalized spacial score (nSPS) is 10.2. The average molecular weight is 292 g/mol. The highest BCUT2D eigenvalue weighted by Gasteiger charge is 2.08. The van der Waals surface area contributed by atoms with E-state index in [4.69, 9.17) is 21.4 Å². The SMILES string of the molecule is COc1ccc(Cl)c(Nc2ccc(C(=O)O)cc2C)c1. The summed E-state index contributed by atoms with van der Waals surface area (Å²) >= 11 is 6.12. The lowest BCUT2D eigenvalue weighted by Crippen LogP contribution is -1.99. The van der Waals surface area contributed by atoms with Gasteiger partial charge in [0, 0.05) is 11.8 Å². The maximum atomic E-state index is 10.9. The summed E-state index contributed by atoms with van der Waals surface area (Å²) in [5.41, 5.74) is 2.58. The van der Waals surface area contributed by atoms with Crippen LogP contribution in [-0.4, -0.2) is 18.2 Å². The second kappa shape index (κ2) is 5.84. The Hall–Kier alpha value is -2.20. The smallest absolute Gasteiger partial charge is 0.335 e. The lowest BCUT2D eigenvalue weighted by Gasteiger charge is -2.12. The average Bonchev–Trinajstić information content (AvgIpc) is 2.43. The van der Waals surface area contributed by atoms with Gasteiger partial charge in [-0.2, -0.15) is 0 Å². The number of aryl methyl sites for hydroxylation is 1. The van der Waals surface area contributed by atoms with Crippen LogP contribution in [0.15, 0.2) is 36.4 Å². The van der Waals surface area contributed by atoms with Gasteiger partial charge in [0.1, 0.15) is 5.75 Å². The Morgan fingerprint density at radius 2 is 1.95 bits per heavy atom. The minimum Gasteiger partial charge on any atom is -0.497 e. The van der Waals surface area contributed by atoms with Crippen molar-refractivity contribution in [3.05, 3.63) is 52.5 Å². The molecule has 0 aromatic heterocycles. The molecule has 0 unspecified atom stereocenters. The molecule has 0 bridgehead atoms. The first kappa shape index (κ1) is 14.2. The van der Waals surface area contributed by atoms with E-state index in [1.54, 1.807) is 43.5 Å². The third-order valence-corrected chi connectivity index (χ3v) is 3.25. The summed E-state index contributed by atoms with van der Waals surface area (Å²) in [6, 6.07) is 10.2. The van der Waals surface area contributed by atoms with Crippen LogP contribution in [0.3, 0.4) is 0 Å². The van der Waals surface area contributed by atoms with Crippen molar-refractivity contribution in [3.63, 3.8) is 0 Å². The van der Waals surface area contributed by atoms with Gasteiger partial charge in [-0.25, -0.2) is 4.79 Å². The van der Waals surface area contributed by atoms with Crippen molar-refractivity contribution < 1.29 is 14.6 Å². The molecule has 0 radical (unpaired) electrons. The van der Waals surface area contributed by atoms with E-state index in [2.05, 4.69) is 5.32 Å². The molecule has 4 nitrogen and oxygen atoms in total. The molecule has 0 fully saturated rings. The Morgan fingerprint density at radius 3 is 2.55 bits per heavy atom. The number of aromatic carboxylic acids is 1. The van der Waals surface area contributed by atoms with Crippen molar-refractivity contribution in [2.75, 3.05) is 12.4 Å². The second-order valence-corrected chi connectivity index (χ2v) is 4.71. The molecule has 20 heavy (non-hydrogen) atoms. The van der Waals surface area contributed by atoms with Crippen molar-refractivity contribution in [2.45, 2.75) is 6.92 Å². The number of hydrogen-bond acceptors (Lipinski definition) is 3. The van der Waals surface area contributed by atoms with Crippen molar-refractivity contribution in [2.24, 2.45) is 0 Å². The highest BCUT2D eigenvalue weighted by atomic mass is 35.5. The minimum absolute atomic E-state index is 0.254. The van der Waals surface area contributed by atoms with E-state index in [1.165, 1.54) is 0 Å². The number of methoxy groups -OCH3 is 1. The summed E-state index contributed by atoms with van der Waals surface area (Å²) in [7, 11) is 1.58. The van der Waals surface area contributed by atoms with Crippen molar-refractivity contribution >= 4 is 28.9 Å². The van der Waals surface area contributed by atoms with Gasteiger partial charge in [-0.05, 0) is 42.8 Å². The predicted molar refractivity (Wildman–Crippen MR) is 79.4 cm³/mol. The van der Waals surface area contributed by atoms with Crippen LogP contribution in [0.1, 0.15) is 15.9 Å². The number of rotatable bonds is 4. The van der Waals surface area contributed by atoms with Gasteiger partial charge in [-0.15, -0.1) is 0 Å². The number of nitrogens with one attached hydrogen (secondary N) is 1. The van der Waals surface area contributed by atoms with E-state index in [0.29, 0.717) is 16.5 Å². The number of anilines is 2. The van der Waals surface area contributed by atoms with Gasteiger partial charge in [-0.1, -0.05) is 11.6 Å². The van der Waals surface area contributed by atoms with Gasteiger partial charge in [0.2, 0.25) is 0 Å². The van der Waals surface area contributed by atoms with E-state index < -0.39 is 5.97 Å². The Morgan fingerprint density at radius 1 is 1.20 bits per heavy atom. The fourth-order valence-electron chi connectivity index (χ4n) is 1.81. The molecule has 2 rings (SSSR count). The molecule has 2 aromatic carbocycles. The zero-order valence-electron chi connectivity index (χ0n) is 11.1. The molecule has 2 N–H and O–H groups in total. The number of halogens is 1. The molecule has 0 heterocycles. The molecule has 0 atom stereocenters. The zero-order valence-corrected chi connectivity index (χ0v) is 11.9. The summed E-state index contributed by atoms with van der Waals surface area (Å²) in [5, 5.41) is 12.7. The maximum absolute atomic E-state index is 10.9. The van der Waals surface area contributed by atoms with E-state index in [1.807, 2.05) is 6.92 Å². The van der Waals surface area contributed by atoms with Crippen LogP contribution in [-0.2, 0) is 0 Å². The van der Waals surface area contributed by atoms with Crippen LogP contribution in [0.5, 0.6) is 5.75 Å². The highest BCUT2D eigenvalue weighted by molar-refractivity contribution is 6.33. The summed E-state index contributed by atoms with van der Waals surface area (Å²) in [5.74, 6) is -0.254. The summed E-state index contributed by atoms with van der Waals surface area (Å²) < 4.78 is 5.15. The number of carboxylic acid groups (broad SMARTS) is 1. The molecule has 0 spiro atoms. The molecule has 0 aliphatic carbocycles. The van der Waals surface area contributed by atoms with Crippen LogP contribution in [0, 0.1) is 6.92 Å². The van der Waals surface area contributed by atoms with Crippen LogP contribution < -0.4 is 10.1 Å². The van der Waals surface area contributed by atoms with Gasteiger partial charge >= 0.3 is 5.97 Å². The Balaban J connectivity index is 2.32. The van der Waals surface area contributed by atoms with Gasteiger partial charge < -0.3 is 15.2 Å². The molecule has 0 aliphatic rings. The monoisotopic (exact) mass is 291 g/mol. The van der Waals surface area contributed by atoms with Crippen LogP contribution in [0.2, 0.25) is 5.02 Å². The quantitative estimate of drug-likeness (QED) is 0.890. The summed E-state index contributed by atoms with van der Waals surface area (Å²) in [6.07, 6.45) is 0. The fourth-order valence-corrected chi connectivity index (χ4v) is 1.97. The molecule has 5 heteroatoms. The predicted octanol–water partition coefficient (Wildman–Crippen LogP) is 4.10. The largest absolute Gasteiger partial charge is 0.497 e. The lowest BCUT2D eigenvalue weighted by molar-refractivity contribution is 0.0697. The fraction of sp³-hybridized carbons (Fsp3) is 0.133. The van der Waals surface area contributed by atoms with Crippen LogP contribution in [0.4, 0.5) is 11.4 Å². The molecule has 0 amide bonds. The summed E-state index contributed by atoms with van der Waals surface area (Å²) in [6.45, 7) is 1.84. The Kier molecular flexibility index (Phi) is 4.15. The maximum Gasteiger partial charge on any atom is 0.335 e. The molecule has 0 saturated carbocycles. The van der Waals surface area contributed by atoms with Gasteiger partial charge in [0.15, 0.2) is 0 Å². The van der Waals surface area contributed by atoms with E-state index in [0.717, 1.165) is 11.3 Å². The minimum atomic E-state index is -0.945. The first-order valence-electron chi connectivity index (χ1n) is 5.96. The molecular formula is C15H14ClNO3. The van der Waals surface area contributed by atoms with Crippen LogP contribution >= 0.6 is 11.6 Å². The second-order valence-electron chi connectivity index (χ2n) is 4.31. The third-order valence-electron chi connectivity index (χ3n) is 2.92. The molecule has 104 valence electrons. The molecule has 2 aromatic rings. The first-order chi connectivity index (χ1) is 9.51. The molecule has 0 saturated heterocycles. The number of hydrogen-bond donors (Lipinski definition) is 2. The van der Waals surface area contributed by atoms with Crippen molar-refractivity contribution in [1.82, 2.24) is 0 Å². The van der Waals surface area contributed by atoms with E-state index >= 15 is 0 Å². The molecule has 0 aliphatic heterocycles. The van der Waals surface area contributed by atoms with Gasteiger partial charge in [0.25, 0.3) is 0 Å². The zero-order chi connectivity index (χ0) is 14.7. The van der Waals surface area contributed by atoms with E-state index in [9.17, 15) is 4.79 Å². The molecular weight excluding hydrogens is 278 g/mol. The third kappa shape index (κ3) is 3.03. The number of carboxylic acids is 1. The topological polar surface area (TPSA) is 58.6 Å². The Bertz CT molecular complexity index is 656. The van der Waals surface area contributed by atoms with E-state index in [-0.39, 0.29) is 5.56 Å². The number of ether oxygens (including phenoxy) is 1. The number of benzene rings is 2. The highest BCUT2D eigenvalue weighted by Crippen LogP contribution is 2.30. The first-order valence-corrected chi connectivity index (χ1v) is 6.33.